The fourth-order valence-electron chi connectivity index (χ4n) is 2.33. The van der Waals surface area contributed by atoms with E-state index in [0.717, 1.165) is 6.42 Å². The van der Waals surface area contributed by atoms with Crippen LogP contribution in [0.1, 0.15) is 45.5 Å². The van der Waals surface area contributed by atoms with Crippen LogP contribution in [0.5, 0.6) is 0 Å². The lowest BCUT2D eigenvalue weighted by Crippen LogP contribution is -2.28. The molecule has 0 aliphatic rings. The predicted molar refractivity (Wildman–Crippen MR) is 86.8 cm³/mol. The van der Waals surface area contributed by atoms with Gasteiger partial charge in [0.25, 0.3) is 5.91 Å². The van der Waals surface area contributed by atoms with Crippen LogP contribution in [0.15, 0.2) is 54.6 Å². The number of nitrogens with two attached hydrogens (primary N) is 1. The van der Waals surface area contributed by atoms with Crippen LogP contribution in [-0.2, 0) is 0 Å². The van der Waals surface area contributed by atoms with E-state index in [1.54, 1.807) is 24.3 Å². The van der Waals surface area contributed by atoms with Crippen LogP contribution in [-0.4, -0.2) is 18.4 Å². The minimum atomic E-state index is -0.498. The van der Waals surface area contributed by atoms with Crippen LogP contribution in [0.25, 0.3) is 0 Å². The third-order valence-electron chi connectivity index (χ3n) is 3.70. The number of rotatable bonds is 6. The molecule has 2 aromatic carbocycles. The minimum Gasteiger partial charge on any atom is -0.366 e. The van der Waals surface area contributed by atoms with Crippen molar-refractivity contribution < 1.29 is 9.59 Å². The second-order valence-corrected chi connectivity index (χ2v) is 5.17. The molecule has 0 bridgehead atoms. The molecule has 2 rings (SSSR count). The fourth-order valence-corrected chi connectivity index (χ4v) is 2.33. The van der Waals surface area contributed by atoms with E-state index in [0.29, 0.717) is 17.7 Å². The Morgan fingerprint density at radius 1 is 1.00 bits per heavy atom. The van der Waals surface area contributed by atoms with Gasteiger partial charge in [-0.25, -0.2) is 0 Å². The van der Waals surface area contributed by atoms with Crippen LogP contribution < -0.4 is 11.1 Å². The molecule has 0 unspecified atom stereocenters. The maximum absolute atomic E-state index is 12.2. The average Bonchev–Trinajstić information content (AvgIpc) is 2.56. The molecule has 0 fully saturated rings. The van der Waals surface area contributed by atoms with Gasteiger partial charge < -0.3 is 11.1 Å². The summed E-state index contributed by atoms with van der Waals surface area (Å²) >= 11 is 0. The number of carbonyl (C=O) groups excluding carboxylic acids is 2. The summed E-state index contributed by atoms with van der Waals surface area (Å²) in [5.74, 6) is -0.359. The molecule has 0 heterocycles. The lowest BCUT2D eigenvalue weighted by molar-refractivity contribution is 0.0948. The molecule has 114 valence electrons. The maximum atomic E-state index is 12.2. The Kier molecular flexibility index (Phi) is 5.31. The molecule has 0 saturated carbocycles. The quantitative estimate of drug-likeness (QED) is 0.860. The number of primary amides is 1. The van der Waals surface area contributed by atoms with Gasteiger partial charge in [-0.1, -0.05) is 37.3 Å². The molecular weight excluding hydrogens is 276 g/mol. The summed E-state index contributed by atoms with van der Waals surface area (Å²) < 4.78 is 0. The number of hydrogen-bond donors (Lipinski definition) is 2. The van der Waals surface area contributed by atoms with Gasteiger partial charge in [0.1, 0.15) is 0 Å². The molecule has 0 aliphatic heterocycles. The van der Waals surface area contributed by atoms with Gasteiger partial charge in [0, 0.05) is 23.6 Å². The van der Waals surface area contributed by atoms with Gasteiger partial charge in [-0.2, -0.15) is 0 Å². The Hall–Kier alpha value is -2.62. The van der Waals surface area contributed by atoms with E-state index in [9.17, 15) is 9.59 Å². The van der Waals surface area contributed by atoms with Crippen molar-refractivity contribution in [3.8, 4) is 0 Å². The molecule has 0 aromatic heterocycles. The van der Waals surface area contributed by atoms with Crippen molar-refractivity contribution in [1.29, 1.82) is 0 Å². The first-order valence-corrected chi connectivity index (χ1v) is 7.34. The summed E-state index contributed by atoms with van der Waals surface area (Å²) in [5.41, 5.74) is 7.32. The molecule has 22 heavy (non-hydrogen) atoms. The monoisotopic (exact) mass is 296 g/mol. The van der Waals surface area contributed by atoms with E-state index in [-0.39, 0.29) is 11.8 Å². The highest BCUT2D eigenvalue weighted by Gasteiger charge is 2.12. The average molecular weight is 296 g/mol. The predicted octanol–water partition coefficient (Wildman–Crippen LogP) is 2.71. The molecule has 1 atom stereocenters. The lowest BCUT2D eigenvalue weighted by atomic mass is 9.96. The normalized spacial score (nSPS) is 11.7. The van der Waals surface area contributed by atoms with E-state index in [2.05, 4.69) is 24.4 Å². The van der Waals surface area contributed by atoms with E-state index in [4.69, 9.17) is 5.73 Å². The Balaban J connectivity index is 1.98. The first-order valence-electron chi connectivity index (χ1n) is 7.34. The fraction of sp³-hybridized carbons (Fsp3) is 0.222. The first-order chi connectivity index (χ1) is 10.6. The lowest BCUT2D eigenvalue weighted by Gasteiger charge is -2.16. The molecule has 0 aliphatic carbocycles. The minimum absolute atomic E-state index is 0.148. The molecule has 0 radical (unpaired) electrons. The molecule has 2 aromatic rings. The first kappa shape index (κ1) is 15.8. The van der Waals surface area contributed by atoms with Crippen molar-refractivity contribution in [2.45, 2.75) is 19.3 Å². The van der Waals surface area contributed by atoms with Gasteiger partial charge in [0.15, 0.2) is 0 Å². The van der Waals surface area contributed by atoms with Crippen molar-refractivity contribution in [2.75, 3.05) is 6.54 Å². The van der Waals surface area contributed by atoms with Crippen LogP contribution in [0.4, 0.5) is 0 Å². The molecular formula is C18H20N2O2. The zero-order valence-corrected chi connectivity index (χ0v) is 12.6. The molecule has 4 nitrogen and oxygen atoms in total. The zero-order valence-electron chi connectivity index (χ0n) is 12.6. The molecule has 4 heteroatoms. The van der Waals surface area contributed by atoms with Crippen molar-refractivity contribution >= 4 is 11.8 Å². The summed E-state index contributed by atoms with van der Waals surface area (Å²) in [6.07, 6.45) is 0.949. The Morgan fingerprint density at radius 3 is 2.14 bits per heavy atom. The Morgan fingerprint density at radius 2 is 1.59 bits per heavy atom. The SMILES string of the molecule is CC[C@H](CNC(=O)c1ccc(C(N)=O)cc1)c1ccccc1. The second kappa shape index (κ2) is 7.41. The van der Waals surface area contributed by atoms with Gasteiger partial charge in [-0.15, -0.1) is 0 Å². The summed E-state index contributed by atoms with van der Waals surface area (Å²) in [6.45, 7) is 2.68. The molecule has 0 spiro atoms. The van der Waals surface area contributed by atoms with E-state index in [1.165, 1.54) is 5.56 Å². The molecule has 3 N–H and O–H groups in total. The topological polar surface area (TPSA) is 72.2 Å². The number of nitrogens with one attached hydrogen (secondary N) is 1. The highest BCUT2D eigenvalue weighted by molar-refractivity contribution is 5.97. The maximum Gasteiger partial charge on any atom is 0.251 e. The van der Waals surface area contributed by atoms with Crippen molar-refractivity contribution in [1.82, 2.24) is 5.32 Å². The van der Waals surface area contributed by atoms with Crippen LogP contribution in [0, 0.1) is 0 Å². The van der Waals surface area contributed by atoms with E-state index < -0.39 is 5.91 Å². The van der Waals surface area contributed by atoms with Gasteiger partial charge in [0.05, 0.1) is 0 Å². The van der Waals surface area contributed by atoms with E-state index in [1.807, 2.05) is 18.2 Å². The summed E-state index contributed by atoms with van der Waals surface area (Å²) in [4.78, 5) is 23.2. The summed E-state index contributed by atoms with van der Waals surface area (Å²) in [5, 5.41) is 2.94. The van der Waals surface area contributed by atoms with Gasteiger partial charge in [-0.05, 0) is 36.2 Å². The second-order valence-electron chi connectivity index (χ2n) is 5.17. The third kappa shape index (κ3) is 3.95. The Labute approximate surface area is 130 Å². The van der Waals surface area contributed by atoms with Crippen molar-refractivity contribution in [3.05, 3.63) is 71.3 Å². The number of carbonyl (C=O) groups is 2. The van der Waals surface area contributed by atoms with Crippen LogP contribution in [0.3, 0.4) is 0 Å². The standard InChI is InChI=1S/C18H20N2O2/c1-2-13(14-6-4-3-5-7-14)12-20-18(22)16-10-8-15(9-11-16)17(19)21/h3-11,13H,2,12H2,1H3,(H2,19,21)(H,20,22)/t13-/m1/s1. The molecule has 2 amide bonds. The highest BCUT2D eigenvalue weighted by atomic mass is 16.2. The smallest absolute Gasteiger partial charge is 0.251 e. The zero-order chi connectivity index (χ0) is 15.9. The third-order valence-corrected chi connectivity index (χ3v) is 3.70. The van der Waals surface area contributed by atoms with Crippen molar-refractivity contribution in [2.24, 2.45) is 5.73 Å². The van der Waals surface area contributed by atoms with Gasteiger partial charge >= 0.3 is 0 Å². The van der Waals surface area contributed by atoms with Crippen molar-refractivity contribution in [3.63, 3.8) is 0 Å². The van der Waals surface area contributed by atoms with Gasteiger partial charge in [0.2, 0.25) is 5.91 Å². The summed E-state index contributed by atoms with van der Waals surface area (Å²) in [6, 6.07) is 16.5. The van der Waals surface area contributed by atoms with E-state index >= 15 is 0 Å². The van der Waals surface area contributed by atoms with Gasteiger partial charge in [-0.3, -0.25) is 9.59 Å². The highest BCUT2D eigenvalue weighted by Crippen LogP contribution is 2.18. The number of hydrogen-bond acceptors (Lipinski definition) is 2. The molecule has 0 saturated heterocycles. The number of amides is 2. The summed E-state index contributed by atoms with van der Waals surface area (Å²) in [7, 11) is 0. The number of benzene rings is 2. The van der Waals surface area contributed by atoms with Crippen LogP contribution >= 0.6 is 0 Å². The van der Waals surface area contributed by atoms with Crippen LogP contribution in [0.2, 0.25) is 0 Å². The Bertz CT molecular complexity index is 636. The largest absolute Gasteiger partial charge is 0.366 e.